The molecule has 1 aromatic heterocycles. The fourth-order valence-corrected chi connectivity index (χ4v) is 3.24. The van der Waals surface area contributed by atoms with E-state index < -0.39 is 6.03 Å². The van der Waals surface area contributed by atoms with Crippen molar-refractivity contribution in [3.63, 3.8) is 0 Å². The smallest absolute Gasteiger partial charge is 0.336 e. The molecule has 2 aromatic carbocycles. The number of anilines is 5. The molecule has 1 saturated heterocycles. The normalized spacial score (nSPS) is 13.3. The second-order valence-corrected chi connectivity index (χ2v) is 6.64. The maximum Gasteiger partial charge on any atom is 0.336 e. The summed E-state index contributed by atoms with van der Waals surface area (Å²) in [5.74, 6) is 6.64. The van der Waals surface area contributed by atoms with Crippen molar-refractivity contribution in [2.24, 2.45) is 11.6 Å². The van der Waals surface area contributed by atoms with Crippen LogP contribution in [0, 0.1) is 0 Å². The predicted molar refractivity (Wildman–Crippen MR) is 112 cm³/mol. The SMILES string of the molecule is NC(=O)N(N)c1nc(N2CCCC2)nc(N(c2ccccc2)c2ccccc2)n1. The minimum Gasteiger partial charge on any atom is -0.350 e. The van der Waals surface area contributed by atoms with Crippen molar-refractivity contribution in [3.8, 4) is 0 Å². The highest BCUT2D eigenvalue weighted by molar-refractivity contribution is 5.87. The molecule has 1 fully saturated rings. The van der Waals surface area contributed by atoms with Crippen LogP contribution in [0.4, 0.5) is 34.0 Å². The maximum absolute atomic E-state index is 11.6. The number of aromatic nitrogens is 3. The van der Waals surface area contributed by atoms with Crippen molar-refractivity contribution in [2.45, 2.75) is 12.8 Å². The number of hydrazine groups is 1. The zero-order valence-electron chi connectivity index (χ0n) is 15.8. The number of urea groups is 1. The molecule has 4 N–H and O–H groups in total. The number of para-hydroxylation sites is 2. The molecule has 9 heteroatoms. The molecule has 0 spiro atoms. The van der Waals surface area contributed by atoms with E-state index in [0.717, 1.165) is 42.3 Å². The fourth-order valence-electron chi connectivity index (χ4n) is 3.24. The number of nitrogens with two attached hydrogens (primary N) is 2. The van der Waals surface area contributed by atoms with Crippen LogP contribution in [0.15, 0.2) is 60.7 Å². The molecule has 2 amide bonds. The minimum atomic E-state index is -0.847. The first-order valence-corrected chi connectivity index (χ1v) is 9.39. The highest BCUT2D eigenvalue weighted by Gasteiger charge is 2.24. The van der Waals surface area contributed by atoms with E-state index in [-0.39, 0.29) is 5.95 Å². The van der Waals surface area contributed by atoms with Gasteiger partial charge in [-0.25, -0.2) is 10.6 Å². The van der Waals surface area contributed by atoms with E-state index in [9.17, 15) is 4.79 Å². The van der Waals surface area contributed by atoms with Gasteiger partial charge in [0.15, 0.2) is 0 Å². The van der Waals surface area contributed by atoms with Crippen molar-refractivity contribution < 1.29 is 4.79 Å². The summed E-state index contributed by atoms with van der Waals surface area (Å²) in [5.41, 5.74) is 7.09. The van der Waals surface area contributed by atoms with Gasteiger partial charge in [-0.15, -0.1) is 0 Å². The monoisotopic (exact) mass is 390 g/mol. The van der Waals surface area contributed by atoms with Crippen molar-refractivity contribution >= 4 is 35.3 Å². The van der Waals surface area contributed by atoms with Gasteiger partial charge < -0.3 is 10.6 Å². The number of primary amides is 1. The van der Waals surface area contributed by atoms with E-state index >= 15 is 0 Å². The van der Waals surface area contributed by atoms with Crippen LogP contribution < -0.4 is 26.4 Å². The number of nitrogens with zero attached hydrogens (tertiary/aromatic N) is 6. The summed E-state index contributed by atoms with van der Waals surface area (Å²) in [5, 5.41) is 0.735. The van der Waals surface area contributed by atoms with E-state index in [1.807, 2.05) is 65.6 Å². The van der Waals surface area contributed by atoms with Gasteiger partial charge >= 0.3 is 6.03 Å². The van der Waals surface area contributed by atoms with Gasteiger partial charge in [0.05, 0.1) is 0 Å². The average Bonchev–Trinajstić information content (AvgIpc) is 3.30. The van der Waals surface area contributed by atoms with Gasteiger partial charge in [-0.3, -0.25) is 4.90 Å². The Balaban J connectivity index is 1.88. The number of amides is 2. The third-order valence-electron chi connectivity index (χ3n) is 4.67. The minimum absolute atomic E-state index is 0.00117. The van der Waals surface area contributed by atoms with Gasteiger partial charge in [0.2, 0.25) is 11.9 Å². The molecule has 9 nitrogen and oxygen atoms in total. The van der Waals surface area contributed by atoms with Crippen molar-refractivity contribution in [1.29, 1.82) is 0 Å². The molecule has 3 aromatic rings. The standard InChI is InChI=1S/C20H22N8O/c21-17(29)28(22)20-24-18(26-13-7-8-14-26)23-19(25-20)27(15-9-3-1-4-10-15)16-11-5-2-6-12-16/h1-6,9-12H,7-8,13-14,22H2,(H2,21,29). The van der Waals surface area contributed by atoms with Gasteiger partial charge in [-0.05, 0) is 37.1 Å². The predicted octanol–water partition coefficient (Wildman–Crippen LogP) is 2.70. The Kier molecular flexibility index (Phi) is 5.21. The number of carbonyl (C=O) groups is 1. The molecule has 2 heterocycles. The van der Waals surface area contributed by atoms with Crippen LogP contribution in [0.25, 0.3) is 0 Å². The molecule has 0 bridgehead atoms. The second-order valence-electron chi connectivity index (χ2n) is 6.64. The molecule has 4 rings (SSSR count). The molecule has 0 saturated carbocycles. The molecule has 29 heavy (non-hydrogen) atoms. The summed E-state index contributed by atoms with van der Waals surface area (Å²) in [6, 6.07) is 18.6. The quantitative estimate of drug-likeness (QED) is 0.391. The lowest BCUT2D eigenvalue weighted by molar-refractivity contribution is 0.253. The second kappa shape index (κ2) is 8.11. The zero-order valence-corrected chi connectivity index (χ0v) is 15.8. The average molecular weight is 390 g/mol. The Morgan fingerprint density at radius 1 is 0.828 bits per heavy atom. The third-order valence-corrected chi connectivity index (χ3v) is 4.67. The summed E-state index contributed by atoms with van der Waals surface area (Å²) in [7, 11) is 0. The molecule has 0 unspecified atom stereocenters. The van der Waals surface area contributed by atoms with Gasteiger partial charge in [-0.2, -0.15) is 20.0 Å². The summed E-state index contributed by atoms with van der Waals surface area (Å²) in [4.78, 5) is 29.1. The lowest BCUT2D eigenvalue weighted by atomic mass is 10.2. The Morgan fingerprint density at radius 2 is 1.34 bits per heavy atom. The van der Waals surface area contributed by atoms with E-state index in [0.29, 0.717) is 11.9 Å². The first-order valence-electron chi connectivity index (χ1n) is 9.39. The van der Waals surface area contributed by atoms with Crippen LogP contribution in [-0.2, 0) is 0 Å². The summed E-state index contributed by atoms with van der Waals surface area (Å²) < 4.78 is 0. The number of benzene rings is 2. The summed E-state index contributed by atoms with van der Waals surface area (Å²) in [6.45, 7) is 1.67. The van der Waals surface area contributed by atoms with Crippen LogP contribution in [0.1, 0.15) is 12.8 Å². The first kappa shape index (κ1) is 18.6. The Hall–Kier alpha value is -3.72. The van der Waals surface area contributed by atoms with Crippen LogP contribution in [0.3, 0.4) is 0 Å². The molecular formula is C20H22N8O. The van der Waals surface area contributed by atoms with Crippen LogP contribution in [0.2, 0.25) is 0 Å². The summed E-state index contributed by atoms with van der Waals surface area (Å²) >= 11 is 0. The van der Waals surface area contributed by atoms with Gasteiger partial charge in [0, 0.05) is 24.5 Å². The largest absolute Gasteiger partial charge is 0.350 e. The molecule has 1 aliphatic heterocycles. The van der Waals surface area contributed by atoms with Crippen LogP contribution in [-0.4, -0.2) is 34.1 Å². The molecular weight excluding hydrogens is 368 g/mol. The Morgan fingerprint density at radius 3 is 1.86 bits per heavy atom. The number of hydrogen-bond donors (Lipinski definition) is 2. The third kappa shape index (κ3) is 3.94. The molecule has 0 aliphatic carbocycles. The first-order chi connectivity index (χ1) is 14.1. The fraction of sp³-hybridized carbons (Fsp3) is 0.200. The van der Waals surface area contributed by atoms with Crippen molar-refractivity contribution in [2.75, 3.05) is 27.9 Å². The van der Waals surface area contributed by atoms with Crippen molar-refractivity contribution in [3.05, 3.63) is 60.7 Å². The lowest BCUT2D eigenvalue weighted by Crippen LogP contribution is -2.43. The molecule has 148 valence electrons. The molecule has 0 atom stereocenters. The van der Waals surface area contributed by atoms with Gasteiger partial charge in [0.25, 0.3) is 5.95 Å². The highest BCUT2D eigenvalue weighted by Crippen LogP contribution is 2.33. The zero-order chi connectivity index (χ0) is 20.2. The van der Waals surface area contributed by atoms with Crippen LogP contribution >= 0.6 is 0 Å². The Labute approximate surface area is 168 Å². The summed E-state index contributed by atoms with van der Waals surface area (Å²) in [6.07, 6.45) is 2.11. The van der Waals surface area contributed by atoms with Gasteiger partial charge in [-0.1, -0.05) is 36.4 Å². The number of carbonyl (C=O) groups excluding carboxylic acids is 1. The topological polar surface area (TPSA) is 118 Å². The Bertz CT molecular complexity index is 937. The number of hydrogen-bond acceptors (Lipinski definition) is 7. The lowest BCUT2D eigenvalue weighted by Gasteiger charge is -2.25. The van der Waals surface area contributed by atoms with Gasteiger partial charge in [0.1, 0.15) is 0 Å². The molecule has 1 aliphatic rings. The van der Waals surface area contributed by atoms with Crippen LogP contribution in [0.5, 0.6) is 0 Å². The van der Waals surface area contributed by atoms with E-state index in [2.05, 4.69) is 14.9 Å². The van der Waals surface area contributed by atoms with Crippen molar-refractivity contribution in [1.82, 2.24) is 15.0 Å². The van der Waals surface area contributed by atoms with E-state index in [1.165, 1.54) is 0 Å². The molecule has 0 radical (unpaired) electrons. The van der Waals surface area contributed by atoms with E-state index in [4.69, 9.17) is 16.6 Å². The number of rotatable bonds is 5. The van der Waals surface area contributed by atoms with E-state index in [1.54, 1.807) is 0 Å². The maximum atomic E-state index is 11.6. The highest BCUT2D eigenvalue weighted by atomic mass is 16.2.